The molecule has 0 radical (unpaired) electrons. The Labute approximate surface area is 118 Å². The zero-order valence-electron chi connectivity index (χ0n) is 11.8. The fourth-order valence-electron chi connectivity index (χ4n) is 2.76. The molecule has 0 aliphatic carbocycles. The number of hydrogen-bond acceptors (Lipinski definition) is 4. The Morgan fingerprint density at radius 2 is 2.30 bits per heavy atom. The summed E-state index contributed by atoms with van der Waals surface area (Å²) >= 11 is 0. The molecule has 5 heteroatoms. The van der Waals surface area contributed by atoms with Crippen molar-refractivity contribution in [1.82, 2.24) is 9.78 Å². The predicted octanol–water partition coefficient (Wildman–Crippen LogP) is 2.54. The van der Waals surface area contributed by atoms with Crippen molar-refractivity contribution in [3.05, 3.63) is 35.5 Å². The molecule has 20 heavy (non-hydrogen) atoms. The Morgan fingerprint density at radius 3 is 3.00 bits per heavy atom. The van der Waals surface area contributed by atoms with Crippen LogP contribution in [0.25, 0.3) is 0 Å². The third-order valence-electron chi connectivity index (χ3n) is 3.64. The van der Waals surface area contributed by atoms with Crippen LogP contribution in [0.3, 0.4) is 0 Å². The fourth-order valence-corrected chi connectivity index (χ4v) is 2.76. The normalized spacial score (nSPS) is 18.0. The number of anilines is 1. The molecule has 1 aromatic carbocycles. The van der Waals surface area contributed by atoms with Gasteiger partial charge in [-0.1, -0.05) is 12.1 Å². The summed E-state index contributed by atoms with van der Waals surface area (Å²) in [6.07, 6.45) is 1.91. The molecule has 1 aliphatic heterocycles. The van der Waals surface area contributed by atoms with Crippen LogP contribution in [-0.4, -0.2) is 23.5 Å². The van der Waals surface area contributed by atoms with Gasteiger partial charge < -0.3 is 15.2 Å². The highest BCUT2D eigenvalue weighted by Gasteiger charge is 2.25. The lowest BCUT2D eigenvalue weighted by Gasteiger charge is -2.19. The number of aromatic nitrogens is 2. The van der Waals surface area contributed by atoms with Crippen LogP contribution >= 0.6 is 0 Å². The van der Waals surface area contributed by atoms with Gasteiger partial charge >= 0.3 is 0 Å². The molecule has 1 aromatic heterocycles. The van der Waals surface area contributed by atoms with Crippen molar-refractivity contribution >= 4 is 5.82 Å². The van der Waals surface area contributed by atoms with Gasteiger partial charge in [-0.25, -0.2) is 4.68 Å². The molecule has 1 aliphatic rings. The van der Waals surface area contributed by atoms with Crippen LogP contribution < -0.4 is 15.2 Å². The summed E-state index contributed by atoms with van der Waals surface area (Å²) in [7, 11) is 1.66. The number of nitrogen functional groups attached to an aromatic ring is 1. The van der Waals surface area contributed by atoms with Gasteiger partial charge in [0.1, 0.15) is 5.82 Å². The molecule has 1 atom stereocenters. The largest absolute Gasteiger partial charge is 0.493 e. The third-order valence-corrected chi connectivity index (χ3v) is 3.64. The molecule has 2 N–H and O–H groups in total. The van der Waals surface area contributed by atoms with Crippen LogP contribution in [0.4, 0.5) is 5.82 Å². The van der Waals surface area contributed by atoms with Gasteiger partial charge in [0.15, 0.2) is 11.5 Å². The fraction of sp³-hybridized carbons (Fsp3) is 0.400. The molecular weight excluding hydrogens is 254 g/mol. The van der Waals surface area contributed by atoms with Crippen molar-refractivity contribution in [3.8, 4) is 11.5 Å². The molecule has 1 unspecified atom stereocenters. The lowest BCUT2D eigenvalue weighted by Crippen LogP contribution is -2.14. The average molecular weight is 273 g/mol. The first-order valence-corrected chi connectivity index (χ1v) is 6.82. The number of methoxy groups -OCH3 is 1. The van der Waals surface area contributed by atoms with Gasteiger partial charge in [-0.3, -0.25) is 0 Å². The van der Waals surface area contributed by atoms with Crippen LogP contribution in [0.2, 0.25) is 0 Å². The molecular formula is C15H19N3O2. The minimum Gasteiger partial charge on any atom is -0.493 e. The highest BCUT2D eigenvalue weighted by molar-refractivity contribution is 5.49. The maximum atomic E-state index is 6.08. The van der Waals surface area contributed by atoms with E-state index in [0.29, 0.717) is 12.4 Å². The van der Waals surface area contributed by atoms with Gasteiger partial charge in [-0.15, -0.1) is 0 Å². The molecule has 0 spiro atoms. The van der Waals surface area contributed by atoms with Gasteiger partial charge in [0.25, 0.3) is 0 Å². The molecule has 0 bridgehead atoms. The van der Waals surface area contributed by atoms with E-state index in [4.69, 9.17) is 15.2 Å². The lowest BCUT2D eigenvalue weighted by atomic mass is 10.0. The van der Waals surface area contributed by atoms with E-state index in [0.717, 1.165) is 35.6 Å². The quantitative estimate of drug-likeness (QED) is 0.913. The summed E-state index contributed by atoms with van der Waals surface area (Å²) in [5, 5.41) is 4.53. The molecule has 0 saturated carbocycles. The van der Waals surface area contributed by atoms with Crippen molar-refractivity contribution in [2.45, 2.75) is 25.8 Å². The SMILES string of the molecule is COc1cccc2c1OCCCC2n1nc(C)cc1N. The molecule has 5 nitrogen and oxygen atoms in total. The van der Waals surface area contributed by atoms with Crippen molar-refractivity contribution in [2.24, 2.45) is 0 Å². The smallest absolute Gasteiger partial charge is 0.166 e. The first-order chi connectivity index (χ1) is 9.70. The van der Waals surface area contributed by atoms with E-state index in [-0.39, 0.29) is 6.04 Å². The van der Waals surface area contributed by atoms with Crippen molar-refractivity contribution < 1.29 is 9.47 Å². The van der Waals surface area contributed by atoms with E-state index in [2.05, 4.69) is 11.2 Å². The van der Waals surface area contributed by atoms with Crippen LogP contribution in [-0.2, 0) is 0 Å². The molecule has 3 rings (SSSR count). The van der Waals surface area contributed by atoms with Gasteiger partial charge in [-0.2, -0.15) is 5.10 Å². The summed E-state index contributed by atoms with van der Waals surface area (Å²) in [6, 6.07) is 7.94. The Kier molecular flexibility index (Phi) is 3.26. The molecule has 0 amide bonds. The average Bonchev–Trinajstić information content (AvgIpc) is 2.66. The van der Waals surface area contributed by atoms with Gasteiger partial charge in [0, 0.05) is 11.6 Å². The van der Waals surface area contributed by atoms with E-state index in [1.165, 1.54) is 0 Å². The zero-order valence-corrected chi connectivity index (χ0v) is 11.8. The second kappa shape index (κ2) is 5.07. The second-order valence-electron chi connectivity index (χ2n) is 5.04. The molecule has 106 valence electrons. The Hall–Kier alpha value is -2.17. The summed E-state index contributed by atoms with van der Waals surface area (Å²) in [5.41, 5.74) is 8.09. The Morgan fingerprint density at radius 1 is 1.45 bits per heavy atom. The van der Waals surface area contributed by atoms with E-state index < -0.39 is 0 Å². The molecule has 2 heterocycles. The summed E-state index contributed by atoms with van der Waals surface area (Å²) in [5.74, 6) is 2.25. The van der Waals surface area contributed by atoms with Gasteiger partial charge in [0.2, 0.25) is 0 Å². The maximum Gasteiger partial charge on any atom is 0.166 e. The first-order valence-electron chi connectivity index (χ1n) is 6.82. The van der Waals surface area contributed by atoms with Crippen LogP contribution in [0.1, 0.15) is 30.1 Å². The standard InChI is InChI=1S/C15H19N3O2/c1-10-9-14(16)18(17-10)12-6-4-8-20-15-11(12)5-3-7-13(15)19-2/h3,5,7,9,12H,4,6,8,16H2,1-2H3. The van der Waals surface area contributed by atoms with Crippen LogP contribution in [0, 0.1) is 6.92 Å². The number of hydrogen-bond donors (Lipinski definition) is 1. The number of nitrogens with two attached hydrogens (primary N) is 1. The topological polar surface area (TPSA) is 62.3 Å². The van der Waals surface area contributed by atoms with E-state index in [1.54, 1.807) is 7.11 Å². The third kappa shape index (κ3) is 2.09. The number of nitrogens with zero attached hydrogens (tertiary/aromatic N) is 2. The Bertz CT molecular complexity index is 622. The van der Waals surface area contributed by atoms with Gasteiger partial charge in [0.05, 0.1) is 25.5 Å². The van der Waals surface area contributed by atoms with E-state index in [9.17, 15) is 0 Å². The summed E-state index contributed by atoms with van der Waals surface area (Å²) < 4.78 is 13.2. The molecule has 2 aromatic rings. The maximum absolute atomic E-state index is 6.08. The zero-order chi connectivity index (χ0) is 14.1. The minimum atomic E-state index is 0.0938. The number of benzene rings is 1. The number of aryl methyl sites for hydroxylation is 1. The van der Waals surface area contributed by atoms with E-state index >= 15 is 0 Å². The summed E-state index contributed by atoms with van der Waals surface area (Å²) in [6.45, 7) is 2.64. The molecule has 0 saturated heterocycles. The number of rotatable bonds is 2. The highest BCUT2D eigenvalue weighted by atomic mass is 16.5. The number of fused-ring (bicyclic) bond motifs is 1. The van der Waals surface area contributed by atoms with Gasteiger partial charge in [-0.05, 0) is 25.8 Å². The van der Waals surface area contributed by atoms with Crippen LogP contribution in [0.15, 0.2) is 24.3 Å². The lowest BCUT2D eigenvalue weighted by molar-refractivity contribution is 0.294. The number of ether oxygens (including phenoxy) is 2. The molecule has 0 fully saturated rings. The van der Waals surface area contributed by atoms with Crippen molar-refractivity contribution in [2.75, 3.05) is 19.5 Å². The van der Waals surface area contributed by atoms with Crippen molar-refractivity contribution in [1.29, 1.82) is 0 Å². The minimum absolute atomic E-state index is 0.0938. The monoisotopic (exact) mass is 273 g/mol. The number of para-hydroxylation sites is 1. The Balaban J connectivity index is 2.12. The summed E-state index contributed by atoms with van der Waals surface area (Å²) in [4.78, 5) is 0. The second-order valence-corrected chi connectivity index (χ2v) is 5.04. The van der Waals surface area contributed by atoms with E-state index in [1.807, 2.05) is 29.8 Å². The van der Waals surface area contributed by atoms with Crippen LogP contribution in [0.5, 0.6) is 11.5 Å². The first kappa shape index (κ1) is 12.8. The van der Waals surface area contributed by atoms with Crippen molar-refractivity contribution in [3.63, 3.8) is 0 Å². The predicted molar refractivity (Wildman–Crippen MR) is 77.2 cm³/mol. The highest BCUT2D eigenvalue weighted by Crippen LogP contribution is 2.40.